The Morgan fingerprint density at radius 1 is 1.38 bits per heavy atom. The second kappa shape index (κ2) is 8.61. The zero-order chi connectivity index (χ0) is 17.5. The molecule has 0 bridgehead atoms. The number of nitrogens with zero attached hydrogens (tertiary/aromatic N) is 1. The van der Waals surface area contributed by atoms with E-state index in [4.69, 9.17) is 4.74 Å². The van der Waals surface area contributed by atoms with Crippen molar-refractivity contribution >= 4 is 17.7 Å². The molecule has 0 radical (unpaired) electrons. The molecule has 0 aliphatic carbocycles. The molecule has 0 spiro atoms. The lowest BCUT2D eigenvalue weighted by Gasteiger charge is -2.32. The monoisotopic (exact) mass is 340 g/mol. The van der Waals surface area contributed by atoms with Crippen molar-refractivity contribution in [2.24, 2.45) is 5.92 Å². The third-order valence-electron chi connectivity index (χ3n) is 4.06. The van der Waals surface area contributed by atoms with Crippen LogP contribution in [-0.2, 0) is 9.53 Å². The molecule has 2 amide bonds. The van der Waals surface area contributed by atoms with Crippen LogP contribution >= 0.6 is 0 Å². The molecule has 1 fully saturated rings. The van der Waals surface area contributed by atoms with Crippen LogP contribution in [0.2, 0.25) is 0 Å². The third kappa shape index (κ3) is 4.91. The highest BCUT2D eigenvalue weighted by Crippen LogP contribution is 2.23. The Morgan fingerprint density at radius 2 is 2.17 bits per heavy atom. The van der Waals surface area contributed by atoms with Crippen molar-refractivity contribution in [3.05, 3.63) is 29.8 Å². The number of likely N-dealkylation sites (tertiary alicyclic amines) is 1. The topological polar surface area (TPSA) is 58.6 Å². The molecule has 24 heavy (non-hydrogen) atoms. The summed E-state index contributed by atoms with van der Waals surface area (Å²) in [5.74, 6) is -2.10. The van der Waals surface area contributed by atoms with Crippen LogP contribution in [0.25, 0.3) is 0 Å². The molecule has 1 aromatic rings. The Bertz CT molecular complexity index is 595. The fourth-order valence-corrected chi connectivity index (χ4v) is 2.83. The number of benzene rings is 1. The first kappa shape index (κ1) is 18.2. The van der Waals surface area contributed by atoms with E-state index in [1.165, 1.54) is 12.1 Å². The van der Waals surface area contributed by atoms with Crippen molar-refractivity contribution in [3.8, 4) is 0 Å². The summed E-state index contributed by atoms with van der Waals surface area (Å²) in [4.78, 5) is 25.2. The second-order valence-electron chi connectivity index (χ2n) is 5.83. The first-order chi connectivity index (χ1) is 11.5. The van der Waals surface area contributed by atoms with Crippen molar-refractivity contribution in [1.82, 2.24) is 4.90 Å². The van der Waals surface area contributed by atoms with Crippen molar-refractivity contribution in [1.29, 1.82) is 0 Å². The maximum Gasteiger partial charge on any atom is 0.321 e. The van der Waals surface area contributed by atoms with Gasteiger partial charge in [-0.2, -0.15) is 0 Å². The van der Waals surface area contributed by atoms with Crippen LogP contribution in [0.1, 0.15) is 32.6 Å². The molecule has 7 heteroatoms. The van der Waals surface area contributed by atoms with Gasteiger partial charge in [0.1, 0.15) is 0 Å². The van der Waals surface area contributed by atoms with Crippen molar-refractivity contribution in [3.63, 3.8) is 0 Å². The minimum absolute atomic E-state index is 0.173. The minimum Gasteiger partial charge on any atom is -0.466 e. The Kier molecular flexibility index (Phi) is 6.52. The van der Waals surface area contributed by atoms with Gasteiger partial charge in [0.15, 0.2) is 11.6 Å². The number of halogens is 2. The van der Waals surface area contributed by atoms with E-state index in [1.807, 2.05) is 0 Å². The number of anilines is 1. The molecule has 1 aromatic carbocycles. The van der Waals surface area contributed by atoms with Crippen molar-refractivity contribution in [2.45, 2.75) is 32.6 Å². The molecule has 0 aromatic heterocycles. The molecule has 5 nitrogen and oxygen atoms in total. The molecule has 0 saturated carbocycles. The summed E-state index contributed by atoms with van der Waals surface area (Å²) in [5.41, 5.74) is -0.173. The first-order valence-corrected chi connectivity index (χ1v) is 8.16. The lowest BCUT2D eigenvalue weighted by Crippen LogP contribution is -2.42. The van der Waals surface area contributed by atoms with E-state index in [1.54, 1.807) is 11.8 Å². The molecule has 1 saturated heterocycles. The molecule has 2 rings (SSSR count). The quantitative estimate of drug-likeness (QED) is 0.834. The fraction of sp³-hybridized carbons (Fsp3) is 0.529. The van der Waals surface area contributed by atoms with Gasteiger partial charge in [0, 0.05) is 19.5 Å². The van der Waals surface area contributed by atoms with Crippen LogP contribution in [0.5, 0.6) is 0 Å². The smallest absolute Gasteiger partial charge is 0.321 e. The highest BCUT2D eigenvalue weighted by molar-refractivity contribution is 5.89. The third-order valence-corrected chi connectivity index (χ3v) is 4.06. The van der Waals surface area contributed by atoms with Crippen LogP contribution in [-0.4, -0.2) is 36.6 Å². The highest BCUT2D eigenvalue weighted by Gasteiger charge is 2.25. The highest BCUT2D eigenvalue weighted by atomic mass is 19.2. The van der Waals surface area contributed by atoms with Gasteiger partial charge in [0.25, 0.3) is 0 Å². The van der Waals surface area contributed by atoms with Crippen LogP contribution in [0, 0.1) is 17.6 Å². The van der Waals surface area contributed by atoms with E-state index in [2.05, 4.69) is 5.32 Å². The van der Waals surface area contributed by atoms with Crippen molar-refractivity contribution < 1.29 is 23.1 Å². The Labute approximate surface area is 140 Å². The van der Waals surface area contributed by atoms with Gasteiger partial charge >= 0.3 is 12.0 Å². The molecular weight excluding hydrogens is 318 g/mol. The van der Waals surface area contributed by atoms with E-state index in [-0.39, 0.29) is 17.6 Å². The largest absolute Gasteiger partial charge is 0.466 e. The lowest BCUT2D eigenvalue weighted by atomic mass is 9.93. The predicted molar refractivity (Wildman–Crippen MR) is 85.5 cm³/mol. The summed E-state index contributed by atoms with van der Waals surface area (Å²) in [6.07, 6.45) is 2.72. The van der Waals surface area contributed by atoms with E-state index in [0.29, 0.717) is 32.5 Å². The van der Waals surface area contributed by atoms with E-state index >= 15 is 0 Å². The molecular formula is C17H22F2N2O3. The van der Waals surface area contributed by atoms with Gasteiger partial charge in [-0.05, 0) is 44.2 Å². The second-order valence-corrected chi connectivity index (χ2v) is 5.83. The minimum atomic E-state index is -1.07. The van der Waals surface area contributed by atoms with E-state index in [0.717, 1.165) is 18.9 Å². The summed E-state index contributed by atoms with van der Waals surface area (Å²) >= 11 is 0. The Morgan fingerprint density at radius 3 is 2.92 bits per heavy atom. The van der Waals surface area contributed by atoms with E-state index < -0.39 is 17.7 Å². The van der Waals surface area contributed by atoms with Gasteiger partial charge < -0.3 is 15.0 Å². The summed E-state index contributed by atoms with van der Waals surface area (Å²) in [6.45, 7) is 3.16. The van der Waals surface area contributed by atoms with Gasteiger partial charge in [-0.25, -0.2) is 13.6 Å². The van der Waals surface area contributed by atoms with E-state index in [9.17, 15) is 18.4 Å². The van der Waals surface area contributed by atoms with Gasteiger partial charge in [-0.3, -0.25) is 4.79 Å². The van der Waals surface area contributed by atoms with Crippen molar-refractivity contribution in [2.75, 3.05) is 25.0 Å². The number of hydrogen-bond donors (Lipinski definition) is 1. The number of nitrogens with one attached hydrogen (secondary N) is 1. The number of esters is 1. The first-order valence-electron chi connectivity index (χ1n) is 8.16. The van der Waals surface area contributed by atoms with Gasteiger partial charge in [0.05, 0.1) is 12.3 Å². The molecule has 1 atom stereocenters. The van der Waals surface area contributed by atoms with Gasteiger partial charge in [-0.1, -0.05) is 6.07 Å². The van der Waals surface area contributed by atoms with Crippen LogP contribution in [0.15, 0.2) is 18.2 Å². The number of hydrogen-bond acceptors (Lipinski definition) is 3. The number of carbonyl (C=O) groups is 2. The maximum absolute atomic E-state index is 13.6. The van der Waals surface area contributed by atoms with Crippen LogP contribution in [0.4, 0.5) is 19.3 Å². The summed E-state index contributed by atoms with van der Waals surface area (Å²) in [7, 11) is 0. The number of urea groups is 1. The van der Waals surface area contributed by atoms with Gasteiger partial charge in [0.2, 0.25) is 0 Å². The fourth-order valence-electron chi connectivity index (χ4n) is 2.83. The average molecular weight is 340 g/mol. The summed E-state index contributed by atoms with van der Waals surface area (Å²) in [5, 5.41) is 2.41. The lowest BCUT2D eigenvalue weighted by molar-refractivity contribution is -0.143. The zero-order valence-electron chi connectivity index (χ0n) is 13.7. The summed E-state index contributed by atoms with van der Waals surface area (Å²) < 4.78 is 31.7. The number of ether oxygens (including phenoxy) is 1. The standard InChI is InChI=1S/C17H22F2N2O3/c1-2-24-15(22)9-8-12-5-4-10-21(11-12)17(23)20-14-7-3-6-13(18)16(14)19/h3,6-7,12H,2,4-5,8-11H2,1H3,(H,20,23)/t12-/m1/s1. The molecule has 0 unspecified atom stereocenters. The Balaban J connectivity index is 1.88. The molecule has 1 aliphatic heterocycles. The number of carbonyl (C=O) groups excluding carboxylic acids is 2. The number of amides is 2. The molecule has 1 heterocycles. The zero-order valence-corrected chi connectivity index (χ0v) is 13.7. The van der Waals surface area contributed by atoms with Crippen LogP contribution < -0.4 is 5.32 Å². The number of rotatable bonds is 5. The van der Waals surface area contributed by atoms with Gasteiger partial charge in [-0.15, -0.1) is 0 Å². The number of piperidine rings is 1. The molecule has 132 valence electrons. The summed E-state index contributed by atoms with van der Waals surface area (Å²) in [6, 6.07) is 3.20. The normalized spacial score (nSPS) is 17.5. The average Bonchev–Trinajstić information content (AvgIpc) is 2.57. The molecule has 1 aliphatic rings. The Hall–Kier alpha value is -2.18. The SMILES string of the molecule is CCOC(=O)CC[C@H]1CCCN(C(=O)Nc2cccc(F)c2F)C1. The predicted octanol–water partition coefficient (Wildman–Crippen LogP) is 3.55. The maximum atomic E-state index is 13.6. The van der Waals surface area contributed by atoms with Crippen LogP contribution in [0.3, 0.4) is 0 Å². The molecule has 1 N–H and O–H groups in total.